The van der Waals surface area contributed by atoms with Gasteiger partial charge in [-0.25, -0.2) is 8.42 Å². The molecule has 0 aliphatic heterocycles. The summed E-state index contributed by atoms with van der Waals surface area (Å²) in [6, 6.07) is 5.34. The molecule has 0 amide bonds. The summed E-state index contributed by atoms with van der Waals surface area (Å²) in [5, 5.41) is 3.05. The third-order valence-corrected chi connectivity index (χ3v) is 4.24. The molecule has 0 aliphatic carbocycles. The second-order valence-corrected chi connectivity index (χ2v) is 6.24. The molecule has 0 aromatic heterocycles. The van der Waals surface area contributed by atoms with Crippen LogP contribution in [0, 0.1) is 0 Å². The summed E-state index contributed by atoms with van der Waals surface area (Å²) in [5.41, 5.74) is 0.775. The van der Waals surface area contributed by atoms with E-state index in [-0.39, 0.29) is 11.5 Å². The van der Waals surface area contributed by atoms with Gasteiger partial charge in [-0.05, 0) is 0 Å². The van der Waals surface area contributed by atoms with Crippen LogP contribution in [-0.4, -0.2) is 40.7 Å². The summed E-state index contributed by atoms with van der Waals surface area (Å²) in [7, 11) is 0.193. The van der Waals surface area contributed by atoms with Crippen molar-refractivity contribution in [2.24, 2.45) is 0 Å². The highest BCUT2D eigenvalue weighted by Gasteiger charge is 2.07. The Balaban J connectivity index is 2.67. The maximum Gasteiger partial charge on any atom is 0.151 e. The second kappa shape index (κ2) is 6.49. The summed E-state index contributed by atoms with van der Waals surface area (Å²) >= 11 is 0. The number of sulfone groups is 1. The van der Waals surface area contributed by atoms with Gasteiger partial charge in [0.05, 0.1) is 20.0 Å². The number of hydrogen-bond donors (Lipinski definition) is 1. The van der Waals surface area contributed by atoms with E-state index in [0.717, 1.165) is 5.69 Å². The van der Waals surface area contributed by atoms with E-state index in [1.165, 1.54) is 0 Å². The zero-order valence-electron chi connectivity index (χ0n) is 10.9. The molecule has 6 heteroatoms. The molecule has 0 bridgehead atoms. The van der Waals surface area contributed by atoms with Crippen LogP contribution in [0.1, 0.15) is 6.92 Å². The molecule has 1 N–H and O–H groups in total. The van der Waals surface area contributed by atoms with Crippen molar-refractivity contribution in [3.8, 4) is 11.5 Å². The van der Waals surface area contributed by atoms with Crippen molar-refractivity contribution in [2.75, 3.05) is 37.6 Å². The number of methoxy groups -OCH3 is 2. The Morgan fingerprint density at radius 3 is 2.11 bits per heavy atom. The first kappa shape index (κ1) is 14.6. The van der Waals surface area contributed by atoms with Crippen LogP contribution in [0.15, 0.2) is 18.2 Å². The normalized spacial score (nSPS) is 11.1. The minimum absolute atomic E-state index is 0.114. The van der Waals surface area contributed by atoms with Crippen molar-refractivity contribution >= 4 is 15.5 Å². The second-order valence-electron chi connectivity index (χ2n) is 3.76. The molecule has 1 aromatic rings. The molecule has 18 heavy (non-hydrogen) atoms. The number of hydrogen-bond acceptors (Lipinski definition) is 5. The van der Waals surface area contributed by atoms with Crippen molar-refractivity contribution in [1.82, 2.24) is 0 Å². The largest absolute Gasteiger partial charge is 0.497 e. The molecule has 0 heterocycles. The van der Waals surface area contributed by atoms with Gasteiger partial charge in [0, 0.05) is 36.2 Å². The topological polar surface area (TPSA) is 64.6 Å². The lowest BCUT2D eigenvalue weighted by molar-refractivity contribution is 0.394. The van der Waals surface area contributed by atoms with E-state index >= 15 is 0 Å². The summed E-state index contributed by atoms with van der Waals surface area (Å²) in [6.45, 7) is 2.01. The van der Waals surface area contributed by atoms with E-state index in [1.54, 1.807) is 39.3 Å². The Morgan fingerprint density at radius 2 is 1.67 bits per heavy atom. The first-order valence-corrected chi connectivity index (χ1v) is 7.50. The molecule has 0 saturated carbocycles. The number of benzene rings is 1. The molecule has 1 rings (SSSR count). The standard InChI is InChI=1S/C12H19NO4S/c1-4-18(14,15)6-5-13-10-7-11(16-2)9-12(8-10)17-3/h7-9,13H,4-6H2,1-3H3. The van der Waals surface area contributed by atoms with Gasteiger partial charge >= 0.3 is 0 Å². The minimum atomic E-state index is -2.95. The third-order valence-electron chi connectivity index (χ3n) is 2.53. The predicted molar refractivity (Wildman–Crippen MR) is 72.4 cm³/mol. The van der Waals surface area contributed by atoms with Gasteiger partial charge in [0.2, 0.25) is 0 Å². The first-order chi connectivity index (χ1) is 8.50. The fraction of sp³-hybridized carbons (Fsp3) is 0.500. The van der Waals surface area contributed by atoms with Gasteiger partial charge in [0.15, 0.2) is 9.84 Å². The molecule has 0 fully saturated rings. The van der Waals surface area contributed by atoms with E-state index in [9.17, 15) is 8.42 Å². The van der Waals surface area contributed by atoms with Crippen molar-refractivity contribution < 1.29 is 17.9 Å². The van der Waals surface area contributed by atoms with E-state index in [1.807, 2.05) is 0 Å². The maximum atomic E-state index is 11.3. The van der Waals surface area contributed by atoms with Crippen LogP contribution in [0.25, 0.3) is 0 Å². The Kier molecular flexibility index (Phi) is 5.27. The average Bonchev–Trinajstić information content (AvgIpc) is 2.38. The Bertz CT molecular complexity index is 463. The molecule has 0 atom stereocenters. The molecule has 102 valence electrons. The van der Waals surface area contributed by atoms with Gasteiger partial charge < -0.3 is 14.8 Å². The molecule has 0 saturated heterocycles. The quantitative estimate of drug-likeness (QED) is 0.816. The molecule has 0 radical (unpaired) electrons. The number of ether oxygens (including phenoxy) is 2. The number of nitrogens with one attached hydrogen (secondary N) is 1. The van der Waals surface area contributed by atoms with Crippen molar-refractivity contribution in [1.29, 1.82) is 0 Å². The first-order valence-electron chi connectivity index (χ1n) is 5.68. The van der Waals surface area contributed by atoms with Gasteiger partial charge in [-0.1, -0.05) is 6.92 Å². The van der Waals surface area contributed by atoms with Crippen LogP contribution in [0.5, 0.6) is 11.5 Å². The Morgan fingerprint density at radius 1 is 1.11 bits per heavy atom. The SMILES string of the molecule is CCS(=O)(=O)CCNc1cc(OC)cc(OC)c1. The van der Waals surface area contributed by atoms with Crippen LogP contribution in [-0.2, 0) is 9.84 Å². The Hall–Kier alpha value is -1.43. The van der Waals surface area contributed by atoms with Crippen LogP contribution in [0.4, 0.5) is 5.69 Å². The highest BCUT2D eigenvalue weighted by Crippen LogP contribution is 2.25. The van der Waals surface area contributed by atoms with Crippen molar-refractivity contribution in [3.63, 3.8) is 0 Å². The zero-order chi connectivity index (χ0) is 13.6. The van der Waals surface area contributed by atoms with Crippen LogP contribution in [0.2, 0.25) is 0 Å². The van der Waals surface area contributed by atoms with Crippen LogP contribution >= 0.6 is 0 Å². The van der Waals surface area contributed by atoms with E-state index < -0.39 is 9.84 Å². The fourth-order valence-electron chi connectivity index (χ4n) is 1.40. The molecule has 5 nitrogen and oxygen atoms in total. The molecule has 0 unspecified atom stereocenters. The summed E-state index contributed by atoms with van der Waals surface area (Å²) in [4.78, 5) is 0. The number of rotatable bonds is 7. The third kappa shape index (κ3) is 4.44. The predicted octanol–water partition coefficient (Wildman–Crippen LogP) is 1.55. The van der Waals surface area contributed by atoms with Crippen LogP contribution < -0.4 is 14.8 Å². The monoisotopic (exact) mass is 273 g/mol. The van der Waals surface area contributed by atoms with Crippen LogP contribution in [0.3, 0.4) is 0 Å². The maximum absolute atomic E-state index is 11.3. The lowest BCUT2D eigenvalue weighted by Gasteiger charge is -2.10. The van der Waals surface area contributed by atoms with Gasteiger partial charge in [0.1, 0.15) is 11.5 Å². The molecular weight excluding hydrogens is 254 g/mol. The highest BCUT2D eigenvalue weighted by molar-refractivity contribution is 7.91. The smallest absolute Gasteiger partial charge is 0.151 e. The molecular formula is C12H19NO4S. The van der Waals surface area contributed by atoms with E-state index in [2.05, 4.69) is 5.32 Å². The lowest BCUT2D eigenvalue weighted by Crippen LogP contribution is -2.17. The summed E-state index contributed by atoms with van der Waals surface area (Å²) in [6.07, 6.45) is 0. The van der Waals surface area contributed by atoms with Gasteiger partial charge in [-0.2, -0.15) is 0 Å². The van der Waals surface area contributed by atoms with Crippen molar-refractivity contribution in [3.05, 3.63) is 18.2 Å². The van der Waals surface area contributed by atoms with Gasteiger partial charge in [-0.15, -0.1) is 0 Å². The summed E-state index contributed by atoms with van der Waals surface area (Å²) in [5.74, 6) is 1.60. The molecule has 0 aliphatic rings. The van der Waals surface area contributed by atoms with E-state index in [0.29, 0.717) is 18.0 Å². The van der Waals surface area contributed by atoms with Gasteiger partial charge in [0.25, 0.3) is 0 Å². The summed E-state index contributed by atoms with van der Waals surface area (Å²) < 4.78 is 32.9. The average molecular weight is 273 g/mol. The van der Waals surface area contributed by atoms with Crippen molar-refractivity contribution in [2.45, 2.75) is 6.92 Å². The fourth-order valence-corrected chi connectivity index (χ4v) is 2.11. The van der Waals surface area contributed by atoms with E-state index in [4.69, 9.17) is 9.47 Å². The Labute approximate surface area is 108 Å². The number of anilines is 1. The van der Waals surface area contributed by atoms with Gasteiger partial charge in [-0.3, -0.25) is 0 Å². The lowest BCUT2D eigenvalue weighted by atomic mass is 10.3. The molecule has 1 aromatic carbocycles. The minimum Gasteiger partial charge on any atom is -0.497 e. The zero-order valence-corrected chi connectivity index (χ0v) is 11.7. The molecule has 0 spiro atoms. The highest BCUT2D eigenvalue weighted by atomic mass is 32.2.